The molecule has 0 aliphatic heterocycles. The Labute approximate surface area is 108 Å². The van der Waals surface area contributed by atoms with Gasteiger partial charge in [-0.25, -0.2) is 0 Å². The lowest BCUT2D eigenvalue weighted by Crippen LogP contribution is -1.95. The standard InChI is InChI=1S/C17H18O/c1-11-8-17(14(4)13(3)12(11)2)16-7-5-6-15(9-16)10-18/h5-10H,1-4H3. The van der Waals surface area contributed by atoms with E-state index < -0.39 is 0 Å². The summed E-state index contributed by atoms with van der Waals surface area (Å²) < 4.78 is 0. The molecule has 0 saturated carbocycles. The number of aldehydes is 1. The van der Waals surface area contributed by atoms with Crippen molar-refractivity contribution in [3.63, 3.8) is 0 Å². The Hall–Kier alpha value is -1.89. The summed E-state index contributed by atoms with van der Waals surface area (Å²) in [6.45, 7) is 8.59. The maximum absolute atomic E-state index is 10.9. The zero-order chi connectivity index (χ0) is 13.3. The maximum atomic E-state index is 10.9. The van der Waals surface area contributed by atoms with Crippen LogP contribution in [0.4, 0.5) is 0 Å². The lowest BCUT2D eigenvalue weighted by atomic mass is 9.90. The molecule has 2 aromatic rings. The van der Waals surface area contributed by atoms with E-state index in [2.05, 4.69) is 39.8 Å². The van der Waals surface area contributed by atoms with Crippen LogP contribution in [-0.4, -0.2) is 6.29 Å². The number of hydrogen-bond acceptors (Lipinski definition) is 1. The molecular formula is C17H18O. The zero-order valence-electron chi connectivity index (χ0n) is 11.4. The molecule has 0 aromatic heterocycles. The minimum absolute atomic E-state index is 0.725. The summed E-state index contributed by atoms with van der Waals surface area (Å²) in [6.07, 6.45) is 0.896. The molecule has 0 bridgehead atoms. The molecule has 0 spiro atoms. The van der Waals surface area contributed by atoms with Gasteiger partial charge in [0.2, 0.25) is 0 Å². The molecule has 0 fully saturated rings. The van der Waals surface area contributed by atoms with Gasteiger partial charge in [0.1, 0.15) is 6.29 Å². The quantitative estimate of drug-likeness (QED) is 0.709. The third-order valence-corrected chi connectivity index (χ3v) is 3.82. The maximum Gasteiger partial charge on any atom is 0.150 e. The van der Waals surface area contributed by atoms with Crippen molar-refractivity contribution in [3.8, 4) is 11.1 Å². The minimum atomic E-state index is 0.725. The highest BCUT2D eigenvalue weighted by Gasteiger charge is 2.09. The van der Waals surface area contributed by atoms with E-state index in [9.17, 15) is 4.79 Å². The van der Waals surface area contributed by atoms with Crippen molar-refractivity contribution < 1.29 is 4.79 Å². The summed E-state index contributed by atoms with van der Waals surface area (Å²) in [7, 11) is 0. The van der Waals surface area contributed by atoms with Gasteiger partial charge < -0.3 is 0 Å². The lowest BCUT2D eigenvalue weighted by Gasteiger charge is -2.14. The molecule has 0 saturated heterocycles. The fourth-order valence-electron chi connectivity index (χ4n) is 2.29. The van der Waals surface area contributed by atoms with Crippen LogP contribution in [-0.2, 0) is 0 Å². The Kier molecular flexibility index (Phi) is 3.33. The number of benzene rings is 2. The first-order valence-electron chi connectivity index (χ1n) is 6.17. The summed E-state index contributed by atoms with van der Waals surface area (Å²) in [4.78, 5) is 10.9. The number of rotatable bonds is 2. The zero-order valence-corrected chi connectivity index (χ0v) is 11.4. The molecule has 0 amide bonds. The average Bonchev–Trinajstić information content (AvgIpc) is 2.40. The van der Waals surface area contributed by atoms with Gasteiger partial charge in [-0.15, -0.1) is 0 Å². The van der Waals surface area contributed by atoms with Gasteiger partial charge in [0, 0.05) is 5.56 Å². The predicted molar refractivity (Wildman–Crippen MR) is 76.2 cm³/mol. The van der Waals surface area contributed by atoms with Gasteiger partial charge in [-0.05, 0) is 67.1 Å². The third kappa shape index (κ3) is 2.08. The molecule has 1 nitrogen and oxygen atoms in total. The van der Waals surface area contributed by atoms with Crippen LogP contribution in [0.5, 0.6) is 0 Å². The summed E-state index contributed by atoms with van der Waals surface area (Å²) >= 11 is 0. The lowest BCUT2D eigenvalue weighted by molar-refractivity contribution is 0.112. The molecule has 18 heavy (non-hydrogen) atoms. The van der Waals surface area contributed by atoms with E-state index in [-0.39, 0.29) is 0 Å². The molecule has 0 N–H and O–H groups in total. The van der Waals surface area contributed by atoms with Crippen LogP contribution < -0.4 is 0 Å². The Morgan fingerprint density at radius 2 is 1.61 bits per heavy atom. The Bertz CT molecular complexity index is 609. The van der Waals surface area contributed by atoms with Crippen molar-refractivity contribution >= 4 is 6.29 Å². The van der Waals surface area contributed by atoms with Gasteiger partial charge in [0.25, 0.3) is 0 Å². The van der Waals surface area contributed by atoms with E-state index in [1.54, 1.807) is 0 Å². The van der Waals surface area contributed by atoms with E-state index in [1.165, 1.54) is 27.8 Å². The van der Waals surface area contributed by atoms with Crippen molar-refractivity contribution in [2.75, 3.05) is 0 Å². The van der Waals surface area contributed by atoms with Gasteiger partial charge in [-0.1, -0.05) is 24.3 Å². The first-order chi connectivity index (χ1) is 8.54. The van der Waals surface area contributed by atoms with E-state index in [1.807, 2.05) is 18.2 Å². The van der Waals surface area contributed by atoms with Crippen molar-refractivity contribution in [1.82, 2.24) is 0 Å². The number of carbonyl (C=O) groups excluding carboxylic acids is 1. The highest BCUT2D eigenvalue weighted by atomic mass is 16.1. The molecular weight excluding hydrogens is 220 g/mol. The van der Waals surface area contributed by atoms with Crippen LogP contribution in [0.1, 0.15) is 32.6 Å². The number of aryl methyl sites for hydroxylation is 1. The van der Waals surface area contributed by atoms with Gasteiger partial charge in [0.15, 0.2) is 0 Å². The second kappa shape index (κ2) is 4.77. The van der Waals surface area contributed by atoms with Gasteiger partial charge in [-0.2, -0.15) is 0 Å². The number of hydrogen-bond donors (Lipinski definition) is 0. The molecule has 1 heteroatoms. The summed E-state index contributed by atoms with van der Waals surface area (Å²) in [5.41, 5.74) is 8.33. The monoisotopic (exact) mass is 238 g/mol. The largest absolute Gasteiger partial charge is 0.298 e. The molecule has 2 rings (SSSR count). The summed E-state index contributed by atoms with van der Waals surface area (Å²) in [5.74, 6) is 0. The fourth-order valence-corrected chi connectivity index (χ4v) is 2.29. The first-order valence-corrected chi connectivity index (χ1v) is 6.17. The molecule has 0 unspecified atom stereocenters. The molecule has 0 aliphatic carbocycles. The second-order valence-electron chi connectivity index (χ2n) is 4.86. The Morgan fingerprint density at radius 3 is 2.28 bits per heavy atom. The van der Waals surface area contributed by atoms with Crippen LogP contribution in [0.15, 0.2) is 30.3 Å². The van der Waals surface area contributed by atoms with Crippen molar-refractivity contribution in [3.05, 3.63) is 58.1 Å². The van der Waals surface area contributed by atoms with E-state index >= 15 is 0 Å². The van der Waals surface area contributed by atoms with E-state index in [0.29, 0.717) is 0 Å². The second-order valence-corrected chi connectivity index (χ2v) is 4.86. The highest BCUT2D eigenvalue weighted by molar-refractivity contribution is 5.80. The van der Waals surface area contributed by atoms with Crippen molar-refractivity contribution in [1.29, 1.82) is 0 Å². The van der Waals surface area contributed by atoms with Crippen LogP contribution >= 0.6 is 0 Å². The molecule has 0 atom stereocenters. The van der Waals surface area contributed by atoms with Gasteiger partial charge in [-0.3, -0.25) is 4.79 Å². The number of carbonyl (C=O) groups is 1. The van der Waals surface area contributed by atoms with Crippen LogP contribution in [0.3, 0.4) is 0 Å². The molecule has 0 radical (unpaired) electrons. The van der Waals surface area contributed by atoms with Crippen LogP contribution in [0.2, 0.25) is 0 Å². The molecule has 0 aliphatic rings. The third-order valence-electron chi connectivity index (χ3n) is 3.82. The molecule has 92 valence electrons. The Balaban J connectivity index is 2.67. The highest BCUT2D eigenvalue weighted by Crippen LogP contribution is 2.29. The topological polar surface area (TPSA) is 17.1 Å². The average molecular weight is 238 g/mol. The molecule has 0 heterocycles. The first kappa shape index (κ1) is 12.6. The van der Waals surface area contributed by atoms with E-state index in [4.69, 9.17) is 0 Å². The van der Waals surface area contributed by atoms with Crippen molar-refractivity contribution in [2.24, 2.45) is 0 Å². The SMILES string of the molecule is Cc1cc(-c2cccc(C=O)c2)c(C)c(C)c1C. The normalized spacial score (nSPS) is 10.4. The Morgan fingerprint density at radius 1 is 0.889 bits per heavy atom. The van der Waals surface area contributed by atoms with Crippen LogP contribution in [0, 0.1) is 27.7 Å². The predicted octanol–water partition coefficient (Wildman–Crippen LogP) is 4.40. The van der Waals surface area contributed by atoms with Crippen molar-refractivity contribution in [2.45, 2.75) is 27.7 Å². The summed E-state index contributed by atoms with van der Waals surface area (Å²) in [6, 6.07) is 9.98. The van der Waals surface area contributed by atoms with Crippen LogP contribution in [0.25, 0.3) is 11.1 Å². The van der Waals surface area contributed by atoms with E-state index in [0.717, 1.165) is 17.4 Å². The fraction of sp³-hybridized carbons (Fsp3) is 0.235. The smallest absolute Gasteiger partial charge is 0.150 e. The summed E-state index contributed by atoms with van der Waals surface area (Å²) in [5, 5.41) is 0. The van der Waals surface area contributed by atoms with Gasteiger partial charge in [0.05, 0.1) is 0 Å². The van der Waals surface area contributed by atoms with Gasteiger partial charge >= 0.3 is 0 Å². The minimum Gasteiger partial charge on any atom is -0.298 e. The molecule has 2 aromatic carbocycles.